The summed E-state index contributed by atoms with van der Waals surface area (Å²) in [5, 5.41) is 0. The zero-order valence-electron chi connectivity index (χ0n) is 8.55. The van der Waals surface area contributed by atoms with Crippen LogP contribution in [0, 0.1) is 17.8 Å². The van der Waals surface area contributed by atoms with Crippen LogP contribution in [-0.2, 0) is 0 Å². The fourth-order valence-corrected chi connectivity index (χ4v) is 4.27. The van der Waals surface area contributed by atoms with E-state index < -0.39 is 0 Å². The minimum absolute atomic E-state index is 0.935. The Morgan fingerprint density at radius 2 is 2.08 bits per heavy atom. The van der Waals surface area contributed by atoms with Crippen LogP contribution in [0.25, 0.3) is 0 Å². The van der Waals surface area contributed by atoms with E-state index in [4.69, 9.17) is 0 Å². The Morgan fingerprint density at radius 3 is 2.67 bits per heavy atom. The van der Waals surface area contributed by atoms with E-state index in [9.17, 15) is 0 Å². The first-order valence-electron chi connectivity index (χ1n) is 5.44. The second kappa shape index (κ2) is 5.61. The average Bonchev–Trinajstić information content (AvgIpc) is 2.05. The van der Waals surface area contributed by atoms with Crippen LogP contribution in [-0.4, -0.2) is 25.8 Å². The molecule has 0 N–H and O–H groups in total. The van der Waals surface area contributed by atoms with E-state index in [0.29, 0.717) is 0 Å². The Labute approximate surface area is 93.2 Å². The monoisotopic (exact) mass is 358 g/mol. The molecule has 1 aliphatic carbocycles. The molecule has 12 heavy (non-hydrogen) atoms. The number of hydrogen-bond acceptors (Lipinski definition) is 0. The molecule has 0 amide bonds. The number of rotatable bonds is 3. The Balaban J connectivity index is 2.30. The topological polar surface area (TPSA) is 0 Å². The van der Waals surface area contributed by atoms with E-state index in [1.807, 2.05) is 0 Å². The second-order valence-corrected chi connectivity index (χ2v) is 6.86. The van der Waals surface area contributed by atoms with Gasteiger partial charge in [-0.3, -0.25) is 0 Å². The van der Waals surface area contributed by atoms with Crippen LogP contribution in [0.5, 0.6) is 0 Å². The van der Waals surface area contributed by atoms with E-state index in [1.54, 1.807) is 16.8 Å². The zero-order valence-corrected chi connectivity index (χ0v) is 13.0. The van der Waals surface area contributed by atoms with Gasteiger partial charge < -0.3 is 0 Å². The van der Waals surface area contributed by atoms with Crippen molar-refractivity contribution in [1.29, 1.82) is 0 Å². The SMILES string of the molecule is CC(C)C1CCCC(C[CH2][Tl])C1. The summed E-state index contributed by atoms with van der Waals surface area (Å²) in [7, 11) is 0. The van der Waals surface area contributed by atoms with Crippen molar-refractivity contribution in [3.8, 4) is 0 Å². The van der Waals surface area contributed by atoms with E-state index in [2.05, 4.69) is 13.8 Å². The van der Waals surface area contributed by atoms with Crippen LogP contribution in [0.3, 0.4) is 0 Å². The van der Waals surface area contributed by atoms with Crippen molar-refractivity contribution >= 4 is 25.8 Å². The van der Waals surface area contributed by atoms with Crippen molar-refractivity contribution in [1.82, 2.24) is 0 Å². The summed E-state index contributed by atoms with van der Waals surface area (Å²) in [6, 6.07) is 0. The van der Waals surface area contributed by atoms with Crippen LogP contribution in [0.2, 0.25) is 3.98 Å². The molecule has 2 atom stereocenters. The van der Waals surface area contributed by atoms with Gasteiger partial charge in [-0.15, -0.1) is 0 Å². The van der Waals surface area contributed by atoms with E-state index in [0.717, 1.165) is 17.8 Å². The molecule has 0 bridgehead atoms. The molecule has 1 rings (SSSR count). The van der Waals surface area contributed by atoms with Crippen LogP contribution in [0.4, 0.5) is 0 Å². The van der Waals surface area contributed by atoms with Gasteiger partial charge in [0, 0.05) is 0 Å². The maximum atomic E-state index is 2.40. The van der Waals surface area contributed by atoms with Crippen LogP contribution in [0.1, 0.15) is 46.0 Å². The maximum absolute atomic E-state index is 2.40. The van der Waals surface area contributed by atoms with Gasteiger partial charge in [-0.25, -0.2) is 0 Å². The zero-order chi connectivity index (χ0) is 8.97. The standard InChI is InChI=1S/C11H21.Tl/c1-4-10-6-5-7-11(8-10)9(2)3;/h9-11H,1,4-8H2,2-3H3;. The van der Waals surface area contributed by atoms with Gasteiger partial charge >= 0.3 is 93.5 Å². The van der Waals surface area contributed by atoms with Crippen LogP contribution < -0.4 is 0 Å². The molecule has 1 fully saturated rings. The summed E-state index contributed by atoms with van der Waals surface area (Å²) in [5.41, 5.74) is 0. The van der Waals surface area contributed by atoms with E-state index in [-0.39, 0.29) is 0 Å². The fourth-order valence-electron chi connectivity index (χ4n) is 2.44. The minimum atomic E-state index is 0.935. The van der Waals surface area contributed by atoms with Gasteiger partial charge in [-0.05, 0) is 0 Å². The van der Waals surface area contributed by atoms with Crippen molar-refractivity contribution < 1.29 is 0 Å². The normalized spacial score (nSPS) is 30.8. The molecule has 0 radical (unpaired) electrons. The average molecular weight is 358 g/mol. The third-order valence-electron chi connectivity index (χ3n) is 3.34. The second-order valence-electron chi connectivity index (χ2n) is 4.61. The molecule has 0 aromatic carbocycles. The predicted octanol–water partition coefficient (Wildman–Crippen LogP) is 3.43. The Hall–Kier alpha value is 0.922. The summed E-state index contributed by atoms with van der Waals surface area (Å²) in [5.74, 6) is 3.10. The molecule has 2 unspecified atom stereocenters. The molecule has 68 valence electrons. The first-order chi connectivity index (χ1) is 5.74. The van der Waals surface area contributed by atoms with Gasteiger partial charge in [0.1, 0.15) is 0 Å². The molecule has 0 aromatic heterocycles. The van der Waals surface area contributed by atoms with Crippen molar-refractivity contribution in [3.63, 3.8) is 0 Å². The van der Waals surface area contributed by atoms with Crippen molar-refractivity contribution in [2.45, 2.75) is 49.9 Å². The van der Waals surface area contributed by atoms with Gasteiger partial charge in [-0.1, -0.05) is 0 Å². The molecule has 0 nitrogen and oxygen atoms in total. The third kappa shape index (κ3) is 3.35. The molecule has 0 heterocycles. The quantitative estimate of drug-likeness (QED) is 0.679. The Morgan fingerprint density at radius 1 is 1.33 bits per heavy atom. The third-order valence-corrected chi connectivity index (χ3v) is 4.64. The van der Waals surface area contributed by atoms with Gasteiger partial charge in [0.05, 0.1) is 0 Å². The van der Waals surface area contributed by atoms with Crippen molar-refractivity contribution in [2.24, 2.45) is 17.8 Å². The summed E-state index contributed by atoms with van der Waals surface area (Å²) < 4.78 is 1.55. The Bertz CT molecular complexity index is 118. The van der Waals surface area contributed by atoms with Crippen LogP contribution in [0.15, 0.2) is 0 Å². The summed E-state index contributed by atoms with van der Waals surface area (Å²) >= 11 is 1.23. The fraction of sp³-hybridized carbons (Fsp3) is 1.00. The molecule has 0 aliphatic heterocycles. The van der Waals surface area contributed by atoms with Gasteiger partial charge in [0.25, 0.3) is 0 Å². The van der Waals surface area contributed by atoms with Gasteiger partial charge in [0.2, 0.25) is 0 Å². The van der Waals surface area contributed by atoms with Gasteiger partial charge in [-0.2, -0.15) is 0 Å². The molecular formula is C11H21Tl. The van der Waals surface area contributed by atoms with E-state index >= 15 is 0 Å². The molecule has 1 heteroatoms. The first-order valence-corrected chi connectivity index (χ1v) is 8.61. The number of hydrogen-bond donors (Lipinski definition) is 0. The Kier molecular flexibility index (Phi) is 5.14. The predicted molar refractivity (Wildman–Crippen MR) is 55.5 cm³/mol. The molecule has 0 saturated heterocycles. The molecule has 1 aliphatic rings. The summed E-state index contributed by atoms with van der Waals surface area (Å²) in [6.45, 7) is 4.80. The molecular weight excluding hydrogens is 337 g/mol. The van der Waals surface area contributed by atoms with Crippen molar-refractivity contribution in [3.05, 3.63) is 0 Å². The summed E-state index contributed by atoms with van der Waals surface area (Å²) in [6.07, 6.45) is 7.66. The van der Waals surface area contributed by atoms with Gasteiger partial charge in [0.15, 0.2) is 0 Å². The molecule has 1 saturated carbocycles. The van der Waals surface area contributed by atoms with Crippen LogP contribution >= 0.6 is 0 Å². The first kappa shape index (κ1) is 11.0. The van der Waals surface area contributed by atoms with Crippen molar-refractivity contribution in [2.75, 3.05) is 0 Å². The molecule has 0 aromatic rings. The summed E-state index contributed by atoms with van der Waals surface area (Å²) in [4.78, 5) is 0. The molecule has 0 spiro atoms. The van der Waals surface area contributed by atoms with E-state index in [1.165, 1.54) is 45.0 Å².